The summed E-state index contributed by atoms with van der Waals surface area (Å²) < 4.78 is 18.7. The van der Waals surface area contributed by atoms with Gasteiger partial charge < -0.3 is 10.1 Å². The molecule has 18 heavy (non-hydrogen) atoms. The summed E-state index contributed by atoms with van der Waals surface area (Å²) in [6.45, 7) is 6.30. The molecule has 1 unspecified atom stereocenters. The van der Waals surface area contributed by atoms with Crippen LogP contribution in [-0.2, 0) is 11.3 Å². The van der Waals surface area contributed by atoms with Crippen molar-refractivity contribution in [1.82, 2.24) is 10.2 Å². The van der Waals surface area contributed by atoms with E-state index in [1.54, 1.807) is 6.07 Å². The minimum Gasteiger partial charge on any atom is -0.374 e. The Kier molecular flexibility index (Phi) is 4.69. The van der Waals surface area contributed by atoms with Crippen LogP contribution in [0.5, 0.6) is 0 Å². The molecule has 1 fully saturated rings. The van der Waals surface area contributed by atoms with Crippen molar-refractivity contribution >= 4 is 0 Å². The Morgan fingerprint density at radius 3 is 3.00 bits per heavy atom. The van der Waals surface area contributed by atoms with Crippen LogP contribution in [-0.4, -0.2) is 44.3 Å². The number of benzene rings is 1. The second-order valence-corrected chi connectivity index (χ2v) is 4.96. The van der Waals surface area contributed by atoms with Gasteiger partial charge >= 0.3 is 0 Å². The first kappa shape index (κ1) is 13.5. The van der Waals surface area contributed by atoms with E-state index in [1.165, 1.54) is 11.6 Å². The first-order chi connectivity index (χ1) is 8.65. The third kappa shape index (κ3) is 3.77. The first-order valence-corrected chi connectivity index (χ1v) is 6.41. The smallest absolute Gasteiger partial charge is 0.123 e. The van der Waals surface area contributed by atoms with Crippen LogP contribution >= 0.6 is 0 Å². The van der Waals surface area contributed by atoms with Crippen molar-refractivity contribution < 1.29 is 9.13 Å². The number of nitrogens with one attached hydrogen (secondary N) is 1. The van der Waals surface area contributed by atoms with Crippen molar-refractivity contribution in [3.05, 3.63) is 35.1 Å². The summed E-state index contributed by atoms with van der Waals surface area (Å²) >= 11 is 0. The van der Waals surface area contributed by atoms with E-state index < -0.39 is 0 Å². The van der Waals surface area contributed by atoms with Gasteiger partial charge in [0.1, 0.15) is 5.82 Å². The van der Waals surface area contributed by atoms with Crippen LogP contribution in [0, 0.1) is 12.7 Å². The van der Waals surface area contributed by atoms with E-state index in [4.69, 9.17) is 4.74 Å². The molecule has 0 radical (unpaired) electrons. The minimum atomic E-state index is -0.168. The third-order valence-electron chi connectivity index (χ3n) is 3.26. The molecule has 1 aliphatic rings. The average molecular weight is 252 g/mol. The lowest BCUT2D eigenvalue weighted by atomic mass is 10.1. The Labute approximate surface area is 108 Å². The maximum atomic E-state index is 13.0. The molecule has 0 aromatic heterocycles. The molecule has 0 bridgehead atoms. The van der Waals surface area contributed by atoms with Gasteiger partial charge in [-0.25, -0.2) is 4.39 Å². The van der Waals surface area contributed by atoms with Gasteiger partial charge in [-0.2, -0.15) is 0 Å². The Balaban J connectivity index is 1.87. The average Bonchev–Trinajstić information content (AvgIpc) is 2.34. The topological polar surface area (TPSA) is 24.5 Å². The summed E-state index contributed by atoms with van der Waals surface area (Å²) in [4.78, 5) is 2.22. The van der Waals surface area contributed by atoms with Gasteiger partial charge in [-0.3, -0.25) is 4.90 Å². The molecule has 0 saturated carbocycles. The van der Waals surface area contributed by atoms with Gasteiger partial charge in [-0.05, 0) is 37.2 Å². The van der Waals surface area contributed by atoms with Gasteiger partial charge in [0.15, 0.2) is 0 Å². The minimum absolute atomic E-state index is 0.168. The number of hydrogen-bond donors (Lipinski definition) is 1. The van der Waals surface area contributed by atoms with Crippen molar-refractivity contribution in [3.8, 4) is 0 Å². The molecule has 2 rings (SSSR count). The number of ether oxygens (including phenoxy) is 1. The molecule has 3 nitrogen and oxygen atoms in total. The van der Waals surface area contributed by atoms with Crippen molar-refractivity contribution in [1.29, 1.82) is 0 Å². The standard InChI is InChI=1S/C14H21FN2O/c1-11-7-13(15)4-3-12(11)9-17(2)10-14-8-16-5-6-18-14/h3-4,7,14,16H,5-6,8-10H2,1-2H3. The van der Waals surface area contributed by atoms with Crippen molar-refractivity contribution in [2.75, 3.05) is 33.3 Å². The number of hydrogen-bond acceptors (Lipinski definition) is 3. The maximum Gasteiger partial charge on any atom is 0.123 e. The number of aryl methyl sites for hydroxylation is 1. The molecule has 0 aliphatic carbocycles. The number of morpholine rings is 1. The molecule has 0 amide bonds. The highest BCUT2D eigenvalue weighted by atomic mass is 19.1. The number of nitrogens with zero attached hydrogens (tertiary/aromatic N) is 1. The zero-order valence-electron chi connectivity index (χ0n) is 11.1. The zero-order chi connectivity index (χ0) is 13.0. The van der Waals surface area contributed by atoms with Crippen molar-refractivity contribution in [2.24, 2.45) is 0 Å². The largest absolute Gasteiger partial charge is 0.374 e. The lowest BCUT2D eigenvalue weighted by molar-refractivity contribution is 0.00882. The van der Waals surface area contributed by atoms with E-state index in [0.29, 0.717) is 0 Å². The second kappa shape index (κ2) is 6.27. The highest BCUT2D eigenvalue weighted by Crippen LogP contribution is 2.12. The Morgan fingerprint density at radius 2 is 2.33 bits per heavy atom. The Hall–Kier alpha value is -0.970. The van der Waals surface area contributed by atoms with Crippen LogP contribution in [0.2, 0.25) is 0 Å². The fourth-order valence-corrected chi connectivity index (χ4v) is 2.28. The molecular formula is C14H21FN2O. The first-order valence-electron chi connectivity index (χ1n) is 6.41. The monoisotopic (exact) mass is 252 g/mol. The molecule has 0 spiro atoms. The van der Waals surface area contributed by atoms with Crippen LogP contribution in [0.4, 0.5) is 4.39 Å². The number of halogens is 1. The van der Waals surface area contributed by atoms with E-state index in [0.717, 1.165) is 38.3 Å². The maximum absolute atomic E-state index is 13.0. The highest BCUT2D eigenvalue weighted by Gasteiger charge is 2.15. The van der Waals surface area contributed by atoms with Crippen LogP contribution in [0.1, 0.15) is 11.1 Å². The van der Waals surface area contributed by atoms with Gasteiger partial charge in [-0.15, -0.1) is 0 Å². The summed E-state index contributed by atoms with van der Waals surface area (Å²) in [6, 6.07) is 4.97. The van der Waals surface area contributed by atoms with Gasteiger partial charge in [0.05, 0.1) is 12.7 Å². The van der Waals surface area contributed by atoms with E-state index in [1.807, 2.05) is 13.0 Å². The molecule has 100 valence electrons. The Morgan fingerprint density at radius 1 is 1.50 bits per heavy atom. The van der Waals surface area contributed by atoms with Crippen molar-refractivity contribution in [2.45, 2.75) is 19.6 Å². The zero-order valence-corrected chi connectivity index (χ0v) is 11.1. The molecule has 1 aliphatic heterocycles. The molecule has 1 aromatic carbocycles. The summed E-state index contributed by atoms with van der Waals surface area (Å²) in [5, 5.41) is 3.32. The highest BCUT2D eigenvalue weighted by molar-refractivity contribution is 5.26. The van der Waals surface area contributed by atoms with Crippen molar-refractivity contribution in [3.63, 3.8) is 0 Å². The summed E-state index contributed by atoms with van der Waals surface area (Å²) in [7, 11) is 2.07. The van der Waals surface area contributed by atoms with Crippen LogP contribution in [0.15, 0.2) is 18.2 Å². The van der Waals surface area contributed by atoms with Gasteiger partial charge in [0.25, 0.3) is 0 Å². The number of rotatable bonds is 4. The van der Waals surface area contributed by atoms with Crippen LogP contribution in [0.3, 0.4) is 0 Å². The van der Waals surface area contributed by atoms with E-state index in [9.17, 15) is 4.39 Å². The normalized spacial score (nSPS) is 20.3. The quantitative estimate of drug-likeness (QED) is 0.880. The molecular weight excluding hydrogens is 231 g/mol. The molecule has 4 heteroatoms. The van der Waals surface area contributed by atoms with Crippen LogP contribution < -0.4 is 5.32 Å². The number of likely N-dealkylation sites (N-methyl/N-ethyl adjacent to an activating group) is 1. The molecule has 1 aromatic rings. The van der Waals surface area contributed by atoms with Gasteiger partial charge in [0, 0.05) is 26.2 Å². The molecule has 1 heterocycles. The predicted octanol–water partition coefficient (Wildman–Crippen LogP) is 1.55. The lowest BCUT2D eigenvalue weighted by Crippen LogP contribution is -2.44. The summed E-state index contributed by atoms with van der Waals surface area (Å²) in [5.41, 5.74) is 2.17. The molecule has 1 atom stereocenters. The van der Waals surface area contributed by atoms with Gasteiger partial charge in [0.2, 0.25) is 0 Å². The summed E-state index contributed by atoms with van der Waals surface area (Å²) in [6.07, 6.45) is 0.254. The lowest BCUT2D eigenvalue weighted by Gasteiger charge is -2.28. The molecule has 1 N–H and O–H groups in total. The Bertz CT molecular complexity index is 391. The van der Waals surface area contributed by atoms with Gasteiger partial charge in [-0.1, -0.05) is 6.07 Å². The summed E-state index contributed by atoms with van der Waals surface area (Å²) in [5.74, 6) is -0.168. The molecule has 1 saturated heterocycles. The fourth-order valence-electron chi connectivity index (χ4n) is 2.28. The second-order valence-electron chi connectivity index (χ2n) is 4.96. The third-order valence-corrected chi connectivity index (χ3v) is 3.26. The predicted molar refractivity (Wildman–Crippen MR) is 70.1 cm³/mol. The fraction of sp³-hybridized carbons (Fsp3) is 0.571. The van der Waals surface area contributed by atoms with E-state index in [2.05, 4.69) is 17.3 Å². The van der Waals surface area contributed by atoms with E-state index in [-0.39, 0.29) is 11.9 Å². The van der Waals surface area contributed by atoms with Crippen LogP contribution in [0.25, 0.3) is 0 Å². The SMILES string of the molecule is Cc1cc(F)ccc1CN(C)CC1CNCCO1. The van der Waals surface area contributed by atoms with E-state index >= 15 is 0 Å².